The summed E-state index contributed by atoms with van der Waals surface area (Å²) in [4.78, 5) is 0. The first-order chi connectivity index (χ1) is 9.04. The molecule has 19 heavy (non-hydrogen) atoms. The average molecular weight is 392 g/mol. The molecule has 1 aromatic carbocycles. The normalized spacial score (nSPS) is 12.7. The van der Waals surface area contributed by atoms with Gasteiger partial charge in [0.05, 0.1) is 11.7 Å². The van der Waals surface area contributed by atoms with Crippen molar-refractivity contribution >= 4 is 31.9 Å². The molecule has 0 saturated carbocycles. The molecule has 102 valence electrons. The number of halogens is 3. The van der Waals surface area contributed by atoms with Crippen LogP contribution in [0.1, 0.15) is 24.2 Å². The Hall–Kier alpha value is -0.790. The fraction of sp³-hybridized carbons (Fsp3) is 0.333. The molecule has 0 spiro atoms. The van der Waals surface area contributed by atoms with Gasteiger partial charge in [0.15, 0.2) is 4.60 Å². The van der Waals surface area contributed by atoms with Gasteiger partial charge in [-0.05, 0) is 34.6 Å². The lowest BCUT2D eigenvalue weighted by Crippen LogP contribution is -2.25. The van der Waals surface area contributed by atoms with Crippen LogP contribution in [0.15, 0.2) is 27.3 Å². The molecule has 0 radical (unpaired) electrons. The lowest BCUT2D eigenvalue weighted by Gasteiger charge is -2.19. The molecule has 1 heterocycles. The van der Waals surface area contributed by atoms with Crippen LogP contribution in [0.3, 0.4) is 0 Å². The standard InChI is InChI=1S/C12H13Br2FN4/c1-3-16-10(11-12(14)17-18-19(11)2)8-5-4-7(13)6-9(8)15/h4-6,10,16H,3H2,1-2H3. The van der Waals surface area contributed by atoms with Crippen molar-refractivity contribution in [2.24, 2.45) is 7.05 Å². The predicted molar refractivity (Wildman–Crippen MR) is 78.3 cm³/mol. The Morgan fingerprint density at radius 3 is 2.68 bits per heavy atom. The van der Waals surface area contributed by atoms with E-state index in [0.717, 1.165) is 5.69 Å². The van der Waals surface area contributed by atoms with Crippen molar-refractivity contribution < 1.29 is 4.39 Å². The van der Waals surface area contributed by atoms with Crippen LogP contribution in [0.4, 0.5) is 4.39 Å². The van der Waals surface area contributed by atoms with Gasteiger partial charge in [-0.3, -0.25) is 0 Å². The summed E-state index contributed by atoms with van der Waals surface area (Å²) in [7, 11) is 1.79. The Kier molecular flexibility index (Phi) is 4.70. The monoisotopic (exact) mass is 390 g/mol. The van der Waals surface area contributed by atoms with Gasteiger partial charge in [0.1, 0.15) is 5.82 Å². The highest BCUT2D eigenvalue weighted by molar-refractivity contribution is 9.10. The summed E-state index contributed by atoms with van der Waals surface area (Å²) in [5.74, 6) is -0.270. The van der Waals surface area contributed by atoms with Gasteiger partial charge in [-0.15, -0.1) is 5.10 Å². The Labute approximate surface area is 127 Å². The topological polar surface area (TPSA) is 42.7 Å². The first-order valence-corrected chi connectivity index (χ1v) is 7.36. The molecule has 0 aliphatic carbocycles. The van der Waals surface area contributed by atoms with Gasteiger partial charge in [-0.25, -0.2) is 9.07 Å². The Morgan fingerprint density at radius 2 is 2.16 bits per heavy atom. The lowest BCUT2D eigenvalue weighted by atomic mass is 10.0. The highest BCUT2D eigenvalue weighted by Crippen LogP contribution is 2.29. The number of aryl methyl sites for hydroxylation is 1. The highest BCUT2D eigenvalue weighted by atomic mass is 79.9. The van der Waals surface area contributed by atoms with Crippen LogP contribution in [-0.4, -0.2) is 21.5 Å². The van der Waals surface area contributed by atoms with Crippen molar-refractivity contribution in [1.82, 2.24) is 20.3 Å². The summed E-state index contributed by atoms with van der Waals surface area (Å²) in [6.07, 6.45) is 0. The first-order valence-electron chi connectivity index (χ1n) is 5.78. The quantitative estimate of drug-likeness (QED) is 0.870. The Balaban J connectivity index is 2.51. The van der Waals surface area contributed by atoms with Crippen LogP contribution in [0.25, 0.3) is 0 Å². The second kappa shape index (κ2) is 6.11. The summed E-state index contributed by atoms with van der Waals surface area (Å²) < 4.78 is 17.1. The molecule has 2 rings (SSSR count). The number of aromatic nitrogens is 3. The number of nitrogens with one attached hydrogen (secondary N) is 1. The molecule has 2 aromatic rings. The van der Waals surface area contributed by atoms with E-state index in [1.807, 2.05) is 13.0 Å². The van der Waals surface area contributed by atoms with Crippen LogP contribution in [0, 0.1) is 5.82 Å². The fourth-order valence-corrected chi connectivity index (χ4v) is 2.83. The van der Waals surface area contributed by atoms with Gasteiger partial charge in [0.25, 0.3) is 0 Å². The molecule has 0 aliphatic rings. The van der Waals surface area contributed by atoms with Gasteiger partial charge in [-0.2, -0.15) is 0 Å². The van der Waals surface area contributed by atoms with E-state index in [0.29, 0.717) is 21.2 Å². The summed E-state index contributed by atoms with van der Waals surface area (Å²) in [5.41, 5.74) is 1.36. The maximum Gasteiger partial charge on any atom is 0.153 e. The van der Waals surface area contributed by atoms with Crippen LogP contribution in [0.2, 0.25) is 0 Å². The molecule has 4 nitrogen and oxygen atoms in total. The van der Waals surface area contributed by atoms with Crippen molar-refractivity contribution in [2.75, 3.05) is 6.54 Å². The molecule has 1 aromatic heterocycles. The molecular formula is C12H13Br2FN4. The average Bonchev–Trinajstić information content (AvgIpc) is 2.67. The number of nitrogens with zero attached hydrogens (tertiary/aromatic N) is 3. The molecule has 1 N–H and O–H groups in total. The number of rotatable bonds is 4. The smallest absolute Gasteiger partial charge is 0.153 e. The van der Waals surface area contributed by atoms with Crippen LogP contribution in [-0.2, 0) is 7.05 Å². The minimum Gasteiger partial charge on any atom is -0.305 e. The number of benzene rings is 1. The maximum absolute atomic E-state index is 14.1. The molecule has 0 saturated heterocycles. The van der Waals surface area contributed by atoms with Crippen molar-refractivity contribution in [3.05, 3.63) is 44.3 Å². The predicted octanol–water partition coefficient (Wildman–Crippen LogP) is 3.18. The zero-order chi connectivity index (χ0) is 14.0. The summed E-state index contributed by atoms with van der Waals surface area (Å²) in [5, 5.41) is 11.1. The summed E-state index contributed by atoms with van der Waals surface area (Å²) in [6.45, 7) is 2.68. The summed E-state index contributed by atoms with van der Waals surface area (Å²) >= 11 is 6.62. The Morgan fingerprint density at radius 1 is 1.42 bits per heavy atom. The third kappa shape index (κ3) is 3.04. The van der Waals surface area contributed by atoms with E-state index in [1.54, 1.807) is 17.8 Å². The van der Waals surface area contributed by atoms with E-state index in [-0.39, 0.29) is 11.9 Å². The second-order valence-corrected chi connectivity index (χ2v) is 5.71. The highest BCUT2D eigenvalue weighted by Gasteiger charge is 2.23. The van der Waals surface area contributed by atoms with Crippen LogP contribution < -0.4 is 5.32 Å². The van der Waals surface area contributed by atoms with Gasteiger partial charge in [0, 0.05) is 17.1 Å². The molecule has 0 aliphatic heterocycles. The van der Waals surface area contributed by atoms with E-state index in [4.69, 9.17) is 0 Å². The van der Waals surface area contributed by atoms with E-state index >= 15 is 0 Å². The molecule has 1 unspecified atom stereocenters. The zero-order valence-corrected chi connectivity index (χ0v) is 13.7. The second-order valence-electron chi connectivity index (χ2n) is 4.05. The van der Waals surface area contributed by atoms with Crippen LogP contribution >= 0.6 is 31.9 Å². The third-order valence-electron chi connectivity index (χ3n) is 2.78. The van der Waals surface area contributed by atoms with Gasteiger partial charge >= 0.3 is 0 Å². The van der Waals surface area contributed by atoms with E-state index in [2.05, 4.69) is 47.5 Å². The number of hydrogen-bond acceptors (Lipinski definition) is 3. The van der Waals surface area contributed by atoms with Crippen molar-refractivity contribution in [1.29, 1.82) is 0 Å². The first kappa shape index (κ1) is 14.6. The third-order valence-corrected chi connectivity index (χ3v) is 3.84. The van der Waals surface area contributed by atoms with Crippen LogP contribution in [0.5, 0.6) is 0 Å². The molecule has 1 atom stereocenters. The van der Waals surface area contributed by atoms with E-state index in [9.17, 15) is 4.39 Å². The minimum absolute atomic E-state index is 0.270. The molecule has 7 heteroatoms. The lowest BCUT2D eigenvalue weighted by molar-refractivity contribution is 0.529. The maximum atomic E-state index is 14.1. The molecule has 0 amide bonds. The largest absolute Gasteiger partial charge is 0.305 e. The SMILES string of the molecule is CCNC(c1ccc(Br)cc1F)c1c(Br)nnn1C. The molecule has 0 bridgehead atoms. The van der Waals surface area contributed by atoms with E-state index in [1.165, 1.54) is 6.07 Å². The van der Waals surface area contributed by atoms with Crippen molar-refractivity contribution in [2.45, 2.75) is 13.0 Å². The fourth-order valence-electron chi connectivity index (χ4n) is 1.94. The van der Waals surface area contributed by atoms with Gasteiger partial charge < -0.3 is 5.32 Å². The van der Waals surface area contributed by atoms with Crippen molar-refractivity contribution in [3.63, 3.8) is 0 Å². The Bertz CT molecular complexity index is 566. The minimum atomic E-state index is -0.299. The van der Waals surface area contributed by atoms with E-state index < -0.39 is 0 Å². The molecular weight excluding hydrogens is 379 g/mol. The summed E-state index contributed by atoms with van der Waals surface area (Å²) in [6, 6.07) is 4.73. The number of hydrogen-bond donors (Lipinski definition) is 1. The van der Waals surface area contributed by atoms with Crippen molar-refractivity contribution in [3.8, 4) is 0 Å². The molecule has 0 fully saturated rings. The zero-order valence-electron chi connectivity index (χ0n) is 10.5. The van der Waals surface area contributed by atoms with Gasteiger partial charge in [-0.1, -0.05) is 34.1 Å². The van der Waals surface area contributed by atoms with Gasteiger partial charge in [0.2, 0.25) is 0 Å².